The number of rotatable bonds is 6. The fourth-order valence-corrected chi connectivity index (χ4v) is 4.78. The number of hydrogen-bond donors (Lipinski definition) is 3. The number of carbonyl (C=O) groups excluding carboxylic acids is 2. The maximum absolute atomic E-state index is 12.8. The molecular formula is C29H33N5O3. The number of nitrogens with two attached hydrogens (primary N) is 2. The SMILES string of the molecule is C[C@@H]1CN(c2ccc(C(=O)Nc3ccccc3N)cc2)CCN1C(=O)OCc1ccc(C2C[C@@H]2N)cc1. The highest BCUT2D eigenvalue weighted by Crippen LogP contribution is 2.38. The van der Waals surface area contributed by atoms with Gasteiger partial charge in [0.15, 0.2) is 0 Å². The van der Waals surface area contributed by atoms with Crippen LogP contribution in [-0.2, 0) is 11.3 Å². The van der Waals surface area contributed by atoms with E-state index in [9.17, 15) is 9.59 Å². The van der Waals surface area contributed by atoms with Crippen LogP contribution in [0.15, 0.2) is 72.8 Å². The lowest BCUT2D eigenvalue weighted by Crippen LogP contribution is -2.54. The van der Waals surface area contributed by atoms with Crippen LogP contribution in [0.25, 0.3) is 0 Å². The largest absolute Gasteiger partial charge is 0.445 e. The van der Waals surface area contributed by atoms with Gasteiger partial charge in [-0.15, -0.1) is 0 Å². The molecule has 0 spiro atoms. The van der Waals surface area contributed by atoms with Gasteiger partial charge in [-0.3, -0.25) is 4.79 Å². The van der Waals surface area contributed by atoms with Gasteiger partial charge in [-0.2, -0.15) is 0 Å². The number of carbonyl (C=O) groups is 2. The number of nitrogen functional groups attached to an aromatic ring is 1. The Kier molecular flexibility index (Phi) is 7.01. The fraction of sp³-hybridized carbons (Fsp3) is 0.310. The van der Waals surface area contributed by atoms with Gasteiger partial charge in [-0.05, 0) is 60.9 Å². The molecule has 2 fully saturated rings. The molecule has 0 bridgehead atoms. The number of piperazine rings is 1. The van der Waals surface area contributed by atoms with Crippen molar-refractivity contribution < 1.29 is 14.3 Å². The minimum absolute atomic E-state index is 0.0102. The van der Waals surface area contributed by atoms with Crippen LogP contribution in [0.4, 0.5) is 21.9 Å². The Morgan fingerprint density at radius 2 is 1.70 bits per heavy atom. The Labute approximate surface area is 217 Å². The van der Waals surface area contributed by atoms with Crippen molar-refractivity contribution in [1.82, 2.24) is 4.90 Å². The second-order valence-corrected chi connectivity index (χ2v) is 9.88. The Balaban J connectivity index is 1.11. The van der Waals surface area contributed by atoms with Crippen LogP contribution in [0, 0.1) is 0 Å². The topological polar surface area (TPSA) is 114 Å². The average molecular weight is 500 g/mol. The van der Waals surface area contributed by atoms with E-state index in [1.54, 1.807) is 29.2 Å². The summed E-state index contributed by atoms with van der Waals surface area (Å²) in [6.45, 7) is 4.20. The summed E-state index contributed by atoms with van der Waals surface area (Å²) in [6.07, 6.45) is 0.745. The van der Waals surface area contributed by atoms with Crippen LogP contribution in [0.1, 0.15) is 40.7 Å². The lowest BCUT2D eigenvalue weighted by molar-refractivity contribution is 0.0794. The van der Waals surface area contributed by atoms with Crippen molar-refractivity contribution in [2.45, 2.75) is 38.0 Å². The molecule has 1 heterocycles. The molecule has 8 heteroatoms. The normalized spacial score (nSPS) is 20.9. The van der Waals surface area contributed by atoms with Crippen LogP contribution in [0.3, 0.4) is 0 Å². The van der Waals surface area contributed by atoms with E-state index in [2.05, 4.69) is 22.3 Å². The Morgan fingerprint density at radius 3 is 2.35 bits per heavy atom. The first kappa shape index (κ1) is 24.6. The van der Waals surface area contributed by atoms with Crippen molar-refractivity contribution in [2.24, 2.45) is 5.73 Å². The Hall–Kier alpha value is -4.04. The molecule has 5 rings (SSSR count). The molecule has 0 aromatic heterocycles. The molecule has 1 aliphatic carbocycles. The summed E-state index contributed by atoms with van der Waals surface area (Å²) in [6, 6.07) is 23.1. The molecule has 3 aromatic rings. The zero-order valence-electron chi connectivity index (χ0n) is 21.0. The number of nitrogens with one attached hydrogen (secondary N) is 1. The molecule has 2 amide bonds. The number of benzene rings is 3. The van der Waals surface area contributed by atoms with Crippen molar-refractivity contribution in [2.75, 3.05) is 35.6 Å². The predicted octanol–water partition coefficient (Wildman–Crippen LogP) is 4.18. The molecule has 1 saturated heterocycles. The molecular weight excluding hydrogens is 466 g/mol. The third-order valence-electron chi connectivity index (χ3n) is 7.18. The summed E-state index contributed by atoms with van der Waals surface area (Å²) in [5.74, 6) is 0.256. The maximum atomic E-state index is 12.8. The van der Waals surface area contributed by atoms with Gasteiger partial charge >= 0.3 is 6.09 Å². The molecule has 0 radical (unpaired) electrons. The summed E-state index contributed by atoms with van der Waals surface area (Å²) in [7, 11) is 0. The van der Waals surface area contributed by atoms with Crippen LogP contribution in [0.5, 0.6) is 0 Å². The molecule has 1 saturated carbocycles. The maximum Gasteiger partial charge on any atom is 0.410 e. The summed E-state index contributed by atoms with van der Waals surface area (Å²) in [5.41, 5.74) is 16.7. The minimum atomic E-state index is -0.298. The number of ether oxygens (including phenoxy) is 1. The van der Waals surface area contributed by atoms with Crippen LogP contribution >= 0.6 is 0 Å². The van der Waals surface area contributed by atoms with E-state index < -0.39 is 0 Å². The zero-order chi connectivity index (χ0) is 25.9. The molecule has 1 unspecified atom stereocenters. The molecule has 1 aliphatic heterocycles. The number of para-hydroxylation sites is 2. The minimum Gasteiger partial charge on any atom is -0.445 e. The van der Waals surface area contributed by atoms with Crippen molar-refractivity contribution in [3.05, 3.63) is 89.5 Å². The van der Waals surface area contributed by atoms with E-state index in [4.69, 9.17) is 16.2 Å². The number of anilines is 3. The smallest absolute Gasteiger partial charge is 0.410 e. The molecule has 192 valence electrons. The monoisotopic (exact) mass is 499 g/mol. The van der Waals surface area contributed by atoms with Crippen molar-refractivity contribution in [3.63, 3.8) is 0 Å². The van der Waals surface area contributed by atoms with Gasteiger partial charge < -0.3 is 31.3 Å². The second-order valence-electron chi connectivity index (χ2n) is 9.88. The van der Waals surface area contributed by atoms with Gasteiger partial charge in [0.1, 0.15) is 6.61 Å². The van der Waals surface area contributed by atoms with Gasteiger partial charge in [-0.25, -0.2) is 4.79 Å². The fourth-order valence-electron chi connectivity index (χ4n) is 4.78. The molecule has 3 atom stereocenters. The van der Waals surface area contributed by atoms with Crippen molar-refractivity contribution in [3.8, 4) is 0 Å². The molecule has 2 aliphatic rings. The zero-order valence-corrected chi connectivity index (χ0v) is 21.0. The van der Waals surface area contributed by atoms with E-state index in [1.807, 2.05) is 43.3 Å². The summed E-state index contributed by atoms with van der Waals surface area (Å²) in [5, 5.41) is 2.85. The first-order chi connectivity index (χ1) is 17.9. The van der Waals surface area contributed by atoms with E-state index >= 15 is 0 Å². The quantitative estimate of drug-likeness (QED) is 0.439. The summed E-state index contributed by atoms with van der Waals surface area (Å²) in [4.78, 5) is 29.4. The first-order valence-electron chi connectivity index (χ1n) is 12.7. The van der Waals surface area contributed by atoms with Gasteiger partial charge in [0.25, 0.3) is 5.91 Å². The molecule has 8 nitrogen and oxygen atoms in total. The number of nitrogens with zero attached hydrogens (tertiary/aromatic N) is 2. The standard InChI is InChI=1S/C29H33N5O3/c1-19-17-33(23-12-10-22(11-13-23)28(35)32-27-5-3-2-4-25(27)30)14-15-34(19)29(36)37-18-20-6-8-21(9-7-20)24-16-26(24)31/h2-13,19,24,26H,14-18,30-31H2,1H3,(H,32,35)/t19-,24?,26+/m1/s1. The lowest BCUT2D eigenvalue weighted by atomic mass is 10.1. The van der Waals surface area contributed by atoms with Crippen LogP contribution < -0.4 is 21.7 Å². The highest BCUT2D eigenvalue weighted by atomic mass is 16.6. The van der Waals surface area contributed by atoms with E-state index in [0.29, 0.717) is 42.5 Å². The Morgan fingerprint density at radius 1 is 1.00 bits per heavy atom. The number of amides is 2. The van der Waals surface area contributed by atoms with Crippen molar-refractivity contribution in [1.29, 1.82) is 0 Å². The molecule has 37 heavy (non-hydrogen) atoms. The van der Waals surface area contributed by atoms with Crippen LogP contribution in [0.2, 0.25) is 0 Å². The Bertz CT molecular complexity index is 1260. The summed E-state index contributed by atoms with van der Waals surface area (Å²) >= 11 is 0. The lowest BCUT2D eigenvalue weighted by Gasteiger charge is -2.40. The molecule has 5 N–H and O–H groups in total. The second kappa shape index (κ2) is 10.5. The van der Waals surface area contributed by atoms with Gasteiger partial charge in [-0.1, -0.05) is 36.4 Å². The van der Waals surface area contributed by atoms with Crippen LogP contribution in [-0.4, -0.2) is 48.6 Å². The summed E-state index contributed by atoms with van der Waals surface area (Å²) < 4.78 is 5.61. The van der Waals surface area contributed by atoms with Gasteiger partial charge in [0.2, 0.25) is 0 Å². The highest BCUT2D eigenvalue weighted by Gasteiger charge is 2.34. The number of hydrogen-bond acceptors (Lipinski definition) is 6. The third kappa shape index (κ3) is 5.70. The highest BCUT2D eigenvalue weighted by molar-refractivity contribution is 6.05. The first-order valence-corrected chi connectivity index (χ1v) is 12.7. The predicted molar refractivity (Wildman–Crippen MR) is 146 cm³/mol. The van der Waals surface area contributed by atoms with Gasteiger partial charge in [0.05, 0.1) is 11.4 Å². The van der Waals surface area contributed by atoms with E-state index in [1.165, 1.54) is 5.56 Å². The van der Waals surface area contributed by atoms with E-state index in [0.717, 1.165) is 17.7 Å². The van der Waals surface area contributed by atoms with E-state index in [-0.39, 0.29) is 30.7 Å². The van der Waals surface area contributed by atoms with Crippen molar-refractivity contribution >= 4 is 29.1 Å². The average Bonchev–Trinajstić information content (AvgIpc) is 3.65. The molecule has 3 aromatic carbocycles. The third-order valence-corrected chi connectivity index (χ3v) is 7.18. The van der Waals surface area contributed by atoms with Gasteiger partial charge in [0, 0.05) is 48.9 Å².